The summed E-state index contributed by atoms with van der Waals surface area (Å²) in [4.78, 5) is 14.8. The van der Waals surface area contributed by atoms with Gasteiger partial charge in [0.1, 0.15) is 30.7 Å². The molecule has 7 heteroatoms. The summed E-state index contributed by atoms with van der Waals surface area (Å²) >= 11 is 0. The first kappa shape index (κ1) is 26.9. The van der Waals surface area contributed by atoms with Crippen LogP contribution < -0.4 is 0 Å². The number of methoxy groups -OCH3 is 1. The average Bonchev–Trinajstić information content (AvgIpc) is 2.84. The second-order valence-electron chi connectivity index (χ2n) is 9.49. The normalized spacial score (nSPS) is 22.6. The molecule has 1 heterocycles. The van der Waals surface area contributed by atoms with Crippen LogP contribution in [0.5, 0.6) is 0 Å². The van der Waals surface area contributed by atoms with Crippen LogP contribution in [0.25, 0.3) is 0 Å². The van der Waals surface area contributed by atoms with Crippen molar-refractivity contribution >= 4 is 6.09 Å². The summed E-state index contributed by atoms with van der Waals surface area (Å²) in [7, 11) is 1.56. The summed E-state index contributed by atoms with van der Waals surface area (Å²) in [5.74, 6) is 0. The summed E-state index contributed by atoms with van der Waals surface area (Å²) in [5.41, 5.74) is 1.40. The maximum absolute atomic E-state index is 13.2. The van der Waals surface area contributed by atoms with E-state index in [1.807, 2.05) is 81.4 Å². The fourth-order valence-corrected chi connectivity index (χ4v) is 4.01. The molecule has 0 radical (unpaired) electrons. The zero-order valence-corrected chi connectivity index (χ0v) is 21.1. The van der Waals surface area contributed by atoms with Gasteiger partial charge in [0.05, 0.1) is 25.8 Å². The molecule has 0 spiro atoms. The SMILES string of the molecule is C=C[C@@H]1[C@@H](OCc2ccccc2)[C@H](OCc2ccccc2)[C@H](OCOC)CN1C(=O)OC(C)(C)C. The molecule has 2 aromatic rings. The van der Waals surface area contributed by atoms with Crippen LogP contribution in [0.2, 0.25) is 0 Å². The van der Waals surface area contributed by atoms with E-state index >= 15 is 0 Å². The van der Waals surface area contributed by atoms with E-state index in [9.17, 15) is 4.79 Å². The highest BCUT2D eigenvalue weighted by Gasteiger charge is 2.47. The predicted molar refractivity (Wildman–Crippen MR) is 134 cm³/mol. The van der Waals surface area contributed by atoms with Gasteiger partial charge in [-0.1, -0.05) is 66.7 Å². The summed E-state index contributed by atoms with van der Waals surface area (Å²) in [5, 5.41) is 0. The molecule has 4 atom stereocenters. The lowest BCUT2D eigenvalue weighted by Crippen LogP contribution is -2.64. The largest absolute Gasteiger partial charge is 0.444 e. The summed E-state index contributed by atoms with van der Waals surface area (Å²) in [6, 6.07) is 19.3. The minimum atomic E-state index is -0.646. The Kier molecular flexibility index (Phi) is 9.86. The van der Waals surface area contributed by atoms with Crippen molar-refractivity contribution < 1.29 is 28.5 Å². The Morgan fingerprint density at radius 3 is 1.97 bits per heavy atom. The molecule has 1 aliphatic rings. The fourth-order valence-electron chi connectivity index (χ4n) is 4.01. The van der Waals surface area contributed by atoms with Gasteiger partial charge in [-0.3, -0.25) is 4.90 Å². The lowest BCUT2D eigenvalue weighted by Gasteiger charge is -2.47. The maximum Gasteiger partial charge on any atom is 0.410 e. The fraction of sp³-hybridized carbons (Fsp3) is 0.464. The number of amides is 1. The lowest BCUT2D eigenvalue weighted by molar-refractivity contribution is -0.208. The average molecular weight is 484 g/mol. The monoisotopic (exact) mass is 483 g/mol. The molecule has 35 heavy (non-hydrogen) atoms. The summed E-state index contributed by atoms with van der Waals surface area (Å²) < 4.78 is 29.7. The van der Waals surface area contributed by atoms with Gasteiger partial charge >= 0.3 is 6.09 Å². The topological polar surface area (TPSA) is 66.5 Å². The highest BCUT2D eigenvalue weighted by Crippen LogP contribution is 2.30. The molecule has 1 fully saturated rings. The van der Waals surface area contributed by atoms with E-state index in [2.05, 4.69) is 6.58 Å². The molecular formula is C28H37NO6. The van der Waals surface area contributed by atoms with Gasteiger partial charge in [0, 0.05) is 7.11 Å². The van der Waals surface area contributed by atoms with Crippen molar-refractivity contribution in [2.45, 2.75) is 63.9 Å². The van der Waals surface area contributed by atoms with Gasteiger partial charge in [0.2, 0.25) is 0 Å². The number of carbonyl (C=O) groups excluding carboxylic acids is 1. The molecule has 0 N–H and O–H groups in total. The molecule has 0 aromatic heterocycles. The minimum Gasteiger partial charge on any atom is -0.444 e. The molecule has 190 valence electrons. The number of carbonyl (C=O) groups is 1. The highest BCUT2D eigenvalue weighted by molar-refractivity contribution is 5.69. The van der Waals surface area contributed by atoms with Crippen molar-refractivity contribution in [2.24, 2.45) is 0 Å². The molecule has 0 aliphatic carbocycles. The predicted octanol–water partition coefficient (Wildman–Crippen LogP) is 4.95. The van der Waals surface area contributed by atoms with E-state index in [4.69, 9.17) is 23.7 Å². The highest BCUT2D eigenvalue weighted by atomic mass is 16.7. The van der Waals surface area contributed by atoms with Crippen molar-refractivity contribution in [1.82, 2.24) is 4.90 Å². The van der Waals surface area contributed by atoms with Gasteiger partial charge in [0.25, 0.3) is 0 Å². The van der Waals surface area contributed by atoms with Crippen LogP contribution in [0.3, 0.4) is 0 Å². The van der Waals surface area contributed by atoms with Gasteiger partial charge in [-0.05, 0) is 31.9 Å². The zero-order chi connectivity index (χ0) is 25.3. The lowest BCUT2D eigenvalue weighted by atomic mass is 9.93. The van der Waals surface area contributed by atoms with Gasteiger partial charge in [-0.2, -0.15) is 0 Å². The minimum absolute atomic E-state index is 0.0577. The number of hydrogen-bond donors (Lipinski definition) is 0. The van der Waals surface area contributed by atoms with Crippen molar-refractivity contribution in [3.63, 3.8) is 0 Å². The van der Waals surface area contributed by atoms with E-state index in [0.717, 1.165) is 11.1 Å². The Morgan fingerprint density at radius 2 is 1.49 bits per heavy atom. The molecular weight excluding hydrogens is 446 g/mol. The molecule has 0 unspecified atom stereocenters. The van der Waals surface area contributed by atoms with Gasteiger partial charge in [-0.25, -0.2) is 4.79 Å². The van der Waals surface area contributed by atoms with Crippen molar-refractivity contribution in [3.8, 4) is 0 Å². The molecule has 1 aliphatic heterocycles. The Bertz CT molecular complexity index is 914. The van der Waals surface area contributed by atoms with Crippen molar-refractivity contribution in [1.29, 1.82) is 0 Å². The van der Waals surface area contributed by atoms with E-state index in [1.165, 1.54) is 0 Å². The van der Waals surface area contributed by atoms with Crippen molar-refractivity contribution in [2.75, 3.05) is 20.4 Å². The standard InChI is InChI=1S/C28H37NO6/c1-6-23-25(32-18-21-13-9-7-10-14-21)26(33-19-22-15-11-8-12-16-22)24(34-20-31-5)17-29(23)27(30)35-28(2,3)4/h6-16,23-26H,1,17-20H2,2-5H3/t23-,24-,25-,26-/m1/s1. The molecule has 1 amide bonds. The first-order valence-electron chi connectivity index (χ1n) is 11.9. The first-order valence-corrected chi connectivity index (χ1v) is 11.9. The van der Waals surface area contributed by atoms with Crippen LogP contribution in [0.4, 0.5) is 4.79 Å². The van der Waals surface area contributed by atoms with Gasteiger partial charge in [0.15, 0.2) is 0 Å². The number of ether oxygens (including phenoxy) is 5. The molecule has 2 aromatic carbocycles. The van der Waals surface area contributed by atoms with Gasteiger partial charge < -0.3 is 23.7 Å². The Labute approximate surface area is 208 Å². The number of piperidine rings is 1. The Morgan fingerprint density at radius 1 is 0.943 bits per heavy atom. The van der Waals surface area contributed by atoms with Crippen LogP contribution in [-0.4, -0.2) is 61.4 Å². The number of likely N-dealkylation sites (tertiary alicyclic amines) is 1. The van der Waals surface area contributed by atoms with Crippen LogP contribution in [0, 0.1) is 0 Å². The van der Waals surface area contributed by atoms with E-state index in [1.54, 1.807) is 18.1 Å². The Balaban J connectivity index is 1.89. The number of hydrogen-bond acceptors (Lipinski definition) is 6. The quantitative estimate of drug-likeness (QED) is 0.352. The van der Waals surface area contributed by atoms with E-state index < -0.39 is 36.0 Å². The molecule has 3 rings (SSSR count). The molecule has 1 saturated heterocycles. The van der Waals surface area contributed by atoms with Crippen LogP contribution in [-0.2, 0) is 36.9 Å². The van der Waals surface area contributed by atoms with Crippen LogP contribution in [0.1, 0.15) is 31.9 Å². The zero-order valence-electron chi connectivity index (χ0n) is 21.1. The number of rotatable bonds is 10. The molecule has 0 saturated carbocycles. The van der Waals surface area contributed by atoms with E-state index in [0.29, 0.717) is 13.2 Å². The van der Waals surface area contributed by atoms with E-state index in [-0.39, 0.29) is 13.3 Å². The third kappa shape index (κ3) is 7.90. The Hall–Kier alpha value is -2.71. The molecule has 7 nitrogen and oxygen atoms in total. The van der Waals surface area contributed by atoms with Gasteiger partial charge in [-0.15, -0.1) is 6.58 Å². The second kappa shape index (κ2) is 12.8. The van der Waals surface area contributed by atoms with Crippen LogP contribution >= 0.6 is 0 Å². The third-order valence-corrected chi connectivity index (χ3v) is 5.60. The number of nitrogens with zero attached hydrogens (tertiary/aromatic N) is 1. The summed E-state index contributed by atoms with van der Waals surface area (Å²) in [6.45, 7) is 10.6. The summed E-state index contributed by atoms with van der Waals surface area (Å²) in [6.07, 6.45) is -0.257. The third-order valence-electron chi connectivity index (χ3n) is 5.60. The molecule has 0 bridgehead atoms. The van der Waals surface area contributed by atoms with Crippen LogP contribution in [0.15, 0.2) is 73.3 Å². The second-order valence-corrected chi connectivity index (χ2v) is 9.49. The van der Waals surface area contributed by atoms with Crippen molar-refractivity contribution in [3.05, 3.63) is 84.4 Å². The number of benzene rings is 2. The first-order chi connectivity index (χ1) is 16.8. The smallest absolute Gasteiger partial charge is 0.410 e. The maximum atomic E-state index is 13.2.